The van der Waals surface area contributed by atoms with Gasteiger partial charge in [-0.3, -0.25) is 0 Å². The zero-order valence-electron chi connectivity index (χ0n) is 13.1. The zero-order chi connectivity index (χ0) is 15.5. The van der Waals surface area contributed by atoms with Crippen LogP contribution in [0.25, 0.3) is 11.3 Å². The molecule has 0 spiro atoms. The quantitative estimate of drug-likeness (QED) is 0.929. The fourth-order valence-electron chi connectivity index (χ4n) is 2.86. The summed E-state index contributed by atoms with van der Waals surface area (Å²) in [4.78, 5) is 5.68. The van der Waals surface area contributed by atoms with E-state index in [1.165, 1.54) is 12.8 Å². The maximum absolute atomic E-state index is 9.37. The smallest absolute Gasteiger partial charge is 0.124 e. The van der Waals surface area contributed by atoms with Gasteiger partial charge in [-0.25, -0.2) is 0 Å². The number of nitrogens with one attached hydrogen (secondary N) is 1. The Bertz CT molecular complexity index is 673. The number of aromatic amines is 1. The van der Waals surface area contributed by atoms with Gasteiger partial charge >= 0.3 is 0 Å². The van der Waals surface area contributed by atoms with Crippen molar-refractivity contribution >= 4 is 5.82 Å². The summed E-state index contributed by atoms with van der Waals surface area (Å²) < 4.78 is 5.67. The van der Waals surface area contributed by atoms with Crippen molar-refractivity contribution in [2.45, 2.75) is 32.8 Å². The minimum absolute atomic E-state index is 0.170. The predicted molar refractivity (Wildman–Crippen MR) is 88.2 cm³/mol. The molecule has 1 aliphatic rings. The third-order valence-corrected chi connectivity index (χ3v) is 3.88. The number of anilines is 1. The standard InChI is InChI=1S/C18H21N3O/c1-13(2)22-16-7-5-14(6-8-16)17-11-15(12-19)18(20-17)21-9-3-4-10-21/h5-8,11,13,20H,3-4,9-10H2,1-2H3. The van der Waals surface area contributed by atoms with Crippen LogP contribution in [0.5, 0.6) is 5.75 Å². The highest BCUT2D eigenvalue weighted by Gasteiger charge is 2.19. The van der Waals surface area contributed by atoms with Gasteiger partial charge in [0.15, 0.2) is 0 Å². The lowest BCUT2D eigenvalue weighted by Crippen LogP contribution is -2.18. The van der Waals surface area contributed by atoms with Gasteiger partial charge in [0.25, 0.3) is 0 Å². The van der Waals surface area contributed by atoms with Crippen LogP contribution in [0.3, 0.4) is 0 Å². The van der Waals surface area contributed by atoms with Gasteiger partial charge in [0.1, 0.15) is 17.6 Å². The Labute approximate surface area is 131 Å². The third kappa shape index (κ3) is 2.94. The predicted octanol–water partition coefficient (Wildman–Crippen LogP) is 3.94. The molecule has 1 aromatic carbocycles. The largest absolute Gasteiger partial charge is 0.491 e. The molecular formula is C18H21N3O. The first-order chi connectivity index (χ1) is 10.7. The minimum atomic E-state index is 0.170. The molecule has 0 aliphatic carbocycles. The summed E-state index contributed by atoms with van der Waals surface area (Å²) in [6, 6.07) is 12.2. The van der Waals surface area contributed by atoms with Gasteiger partial charge in [-0.1, -0.05) is 0 Å². The highest BCUT2D eigenvalue weighted by atomic mass is 16.5. The van der Waals surface area contributed by atoms with Gasteiger partial charge < -0.3 is 14.6 Å². The fourth-order valence-corrected chi connectivity index (χ4v) is 2.86. The molecule has 4 nitrogen and oxygen atoms in total. The highest BCUT2D eigenvalue weighted by molar-refractivity contribution is 5.70. The third-order valence-electron chi connectivity index (χ3n) is 3.88. The van der Waals surface area contributed by atoms with E-state index in [4.69, 9.17) is 4.74 Å². The van der Waals surface area contributed by atoms with E-state index in [-0.39, 0.29) is 6.10 Å². The number of nitriles is 1. The van der Waals surface area contributed by atoms with E-state index in [1.54, 1.807) is 0 Å². The molecule has 0 amide bonds. The second-order valence-corrected chi connectivity index (χ2v) is 5.94. The Balaban J connectivity index is 1.87. The molecule has 22 heavy (non-hydrogen) atoms. The molecule has 4 heteroatoms. The summed E-state index contributed by atoms with van der Waals surface area (Å²) in [5.41, 5.74) is 2.77. The summed E-state index contributed by atoms with van der Waals surface area (Å²) in [5.74, 6) is 1.82. The lowest BCUT2D eigenvalue weighted by molar-refractivity contribution is 0.242. The Morgan fingerprint density at radius 2 is 1.86 bits per heavy atom. The Morgan fingerprint density at radius 3 is 2.45 bits per heavy atom. The van der Waals surface area contributed by atoms with E-state index in [0.717, 1.165) is 41.5 Å². The normalized spacial score (nSPS) is 14.4. The van der Waals surface area contributed by atoms with Crippen LogP contribution in [-0.4, -0.2) is 24.2 Å². The van der Waals surface area contributed by atoms with Crippen molar-refractivity contribution < 1.29 is 4.74 Å². The molecule has 3 rings (SSSR count). The van der Waals surface area contributed by atoms with E-state index in [1.807, 2.05) is 44.2 Å². The topological polar surface area (TPSA) is 52.0 Å². The van der Waals surface area contributed by atoms with Crippen molar-refractivity contribution in [2.75, 3.05) is 18.0 Å². The van der Waals surface area contributed by atoms with E-state index >= 15 is 0 Å². The average molecular weight is 295 g/mol. The molecule has 1 aromatic heterocycles. The summed E-state index contributed by atoms with van der Waals surface area (Å²) >= 11 is 0. The van der Waals surface area contributed by atoms with Gasteiger partial charge in [0.05, 0.1) is 11.7 Å². The van der Waals surface area contributed by atoms with Crippen LogP contribution < -0.4 is 9.64 Å². The van der Waals surface area contributed by atoms with E-state index in [2.05, 4.69) is 16.0 Å². The summed E-state index contributed by atoms with van der Waals surface area (Å²) in [6.45, 7) is 6.08. The first kappa shape index (κ1) is 14.5. The molecule has 0 saturated carbocycles. The maximum atomic E-state index is 9.37. The van der Waals surface area contributed by atoms with E-state index in [0.29, 0.717) is 0 Å². The Kier molecular flexibility index (Phi) is 4.06. The van der Waals surface area contributed by atoms with Crippen molar-refractivity contribution in [2.24, 2.45) is 0 Å². The first-order valence-corrected chi connectivity index (χ1v) is 7.82. The Morgan fingerprint density at radius 1 is 1.18 bits per heavy atom. The second kappa shape index (κ2) is 6.15. The van der Waals surface area contributed by atoms with Gasteiger partial charge in [0.2, 0.25) is 0 Å². The van der Waals surface area contributed by atoms with E-state index < -0.39 is 0 Å². The SMILES string of the molecule is CC(C)Oc1ccc(-c2cc(C#N)c(N3CCCC3)[nH]2)cc1. The number of hydrogen-bond donors (Lipinski definition) is 1. The van der Waals surface area contributed by atoms with Gasteiger partial charge in [-0.15, -0.1) is 0 Å². The Hall–Kier alpha value is -2.41. The molecule has 1 saturated heterocycles. The number of benzene rings is 1. The molecule has 1 N–H and O–H groups in total. The minimum Gasteiger partial charge on any atom is -0.491 e. The second-order valence-electron chi connectivity index (χ2n) is 5.94. The molecule has 114 valence electrons. The van der Waals surface area contributed by atoms with Crippen molar-refractivity contribution in [1.29, 1.82) is 5.26 Å². The first-order valence-electron chi connectivity index (χ1n) is 7.82. The van der Waals surface area contributed by atoms with Crippen molar-refractivity contribution in [3.05, 3.63) is 35.9 Å². The van der Waals surface area contributed by atoms with Crippen LogP contribution in [0, 0.1) is 11.3 Å². The van der Waals surface area contributed by atoms with Crippen LogP contribution >= 0.6 is 0 Å². The van der Waals surface area contributed by atoms with Crippen molar-refractivity contribution in [1.82, 2.24) is 4.98 Å². The van der Waals surface area contributed by atoms with Gasteiger partial charge in [0, 0.05) is 18.8 Å². The fraction of sp³-hybridized carbons (Fsp3) is 0.389. The van der Waals surface area contributed by atoms with Crippen LogP contribution in [0.2, 0.25) is 0 Å². The molecule has 1 aliphatic heterocycles. The molecular weight excluding hydrogens is 274 g/mol. The maximum Gasteiger partial charge on any atom is 0.124 e. The molecule has 0 radical (unpaired) electrons. The number of aromatic nitrogens is 1. The summed E-state index contributed by atoms with van der Waals surface area (Å²) in [7, 11) is 0. The molecule has 2 aromatic rings. The number of nitrogens with zero attached hydrogens (tertiary/aromatic N) is 2. The van der Waals surface area contributed by atoms with Crippen LogP contribution in [0.4, 0.5) is 5.82 Å². The average Bonchev–Trinajstić information content (AvgIpc) is 3.16. The van der Waals surface area contributed by atoms with Crippen LogP contribution in [-0.2, 0) is 0 Å². The van der Waals surface area contributed by atoms with Gasteiger partial charge in [-0.2, -0.15) is 5.26 Å². The highest BCUT2D eigenvalue weighted by Crippen LogP contribution is 2.30. The summed E-state index contributed by atoms with van der Waals surface area (Å²) in [5, 5.41) is 9.37. The van der Waals surface area contributed by atoms with Crippen molar-refractivity contribution in [3.63, 3.8) is 0 Å². The van der Waals surface area contributed by atoms with Gasteiger partial charge in [-0.05, 0) is 62.6 Å². The number of rotatable bonds is 4. The summed E-state index contributed by atoms with van der Waals surface area (Å²) in [6.07, 6.45) is 2.56. The molecule has 0 unspecified atom stereocenters. The number of hydrogen-bond acceptors (Lipinski definition) is 3. The molecule has 1 fully saturated rings. The monoisotopic (exact) mass is 295 g/mol. The molecule has 0 atom stereocenters. The lowest BCUT2D eigenvalue weighted by Gasteiger charge is -2.15. The number of H-pyrrole nitrogens is 1. The van der Waals surface area contributed by atoms with Crippen LogP contribution in [0.1, 0.15) is 32.3 Å². The van der Waals surface area contributed by atoms with Crippen molar-refractivity contribution in [3.8, 4) is 23.1 Å². The lowest BCUT2D eigenvalue weighted by atomic mass is 10.1. The molecule has 0 bridgehead atoms. The van der Waals surface area contributed by atoms with E-state index in [9.17, 15) is 5.26 Å². The molecule has 2 heterocycles. The zero-order valence-corrected chi connectivity index (χ0v) is 13.1. The number of ether oxygens (including phenoxy) is 1. The van der Waals surface area contributed by atoms with Crippen LogP contribution in [0.15, 0.2) is 30.3 Å².